The van der Waals surface area contributed by atoms with Crippen molar-refractivity contribution in [3.05, 3.63) is 56.5 Å². The van der Waals surface area contributed by atoms with E-state index in [0.717, 1.165) is 23.8 Å². The summed E-state index contributed by atoms with van der Waals surface area (Å²) < 4.78 is 11.2. The highest BCUT2D eigenvalue weighted by molar-refractivity contribution is 6.42. The summed E-state index contributed by atoms with van der Waals surface area (Å²) in [6, 6.07) is 5.37. The highest BCUT2D eigenvalue weighted by Crippen LogP contribution is 2.22. The number of nitrogens with one attached hydrogen (secondary N) is 4. The molecule has 0 spiro atoms. The van der Waals surface area contributed by atoms with Gasteiger partial charge < -0.3 is 35.9 Å². The molecular formula is C23H32Cl2N4O4. The number of rotatable bonds is 11. The van der Waals surface area contributed by atoms with Gasteiger partial charge in [-0.2, -0.15) is 0 Å². The Labute approximate surface area is 204 Å². The first-order chi connectivity index (χ1) is 15.8. The quantitative estimate of drug-likeness (QED) is 0.236. The van der Waals surface area contributed by atoms with Crippen molar-refractivity contribution in [1.29, 1.82) is 5.41 Å². The summed E-state index contributed by atoms with van der Waals surface area (Å²) in [5.41, 5.74) is 2.64. The normalized spacial score (nSPS) is 19.8. The van der Waals surface area contributed by atoms with Gasteiger partial charge in [0, 0.05) is 19.3 Å². The van der Waals surface area contributed by atoms with Crippen LogP contribution in [0.1, 0.15) is 32.8 Å². The molecule has 0 aromatic heterocycles. The van der Waals surface area contributed by atoms with Gasteiger partial charge in [-0.25, -0.2) is 0 Å². The van der Waals surface area contributed by atoms with E-state index < -0.39 is 0 Å². The van der Waals surface area contributed by atoms with E-state index in [0.29, 0.717) is 47.7 Å². The van der Waals surface area contributed by atoms with Crippen LogP contribution in [-0.2, 0) is 20.8 Å². The summed E-state index contributed by atoms with van der Waals surface area (Å²) in [4.78, 5) is 13.1. The van der Waals surface area contributed by atoms with Gasteiger partial charge in [0.05, 0.1) is 36.0 Å². The predicted molar refractivity (Wildman–Crippen MR) is 130 cm³/mol. The van der Waals surface area contributed by atoms with Gasteiger partial charge in [0.2, 0.25) is 0 Å². The highest BCUT2D eigenvalue weighted by atomic mass is 35.5. The first-order valence-corrected chi connectivity index (χ1v) is 11.5. The minimum atomic E-state index is -0.370. The molecule has 1 aliphatic heterocycles. The number of hydrogen-bond donors (Lipinski definition) is 5. The fourth-order valence-corrected chi connectivity index (χ4v) is 3.31. The average Bonchev–Trinajstić information content (AvgIpc) is 2.83. The number of amides is 1. The summed E-state index contributed by atoms with van der Waals surface area (Å²) in [7, 11) is 0. The number of ether oxygens (including phenoxy) is 2. The third-order valence-corrected chi connectivity index (χ3v) is 5.97. The van der Waals surface area contributed by atoms with Crippen molar-refractivity contribution in [2.75, 3.05) is 26.4 Å². The van der Waals surface area contributed by atoms with E-state index in [1.54, 1.807) is 19.1 Å². The zero-order valence-corrected chi connectivity index (χ0v) is 20.6. The molecule has 1 aromatic carbocycles. The van der Waals surface area contributed by atoms with Gasteiger partial charge in [-0.3, -0.25) is 4.79 Å². The lowest BCUT2D eigenvalue weighted by Gasteiger charge is -2.29. The number of halogens is 2. The summed E-state index contributed by atoms with van der Waals surface area (Å²) in [6.45, 7) is 6.90. The van der Waals surface area contributed by atoms with Crippen molar-refractivity contribution in [3.63, 3.8) is 0 Å². The van der Waals surface area contributed by atoms with Crippen molar-refractivity contribution in [3.8, 4) is 0 Å². The van der Waals surface area contributed by atoms with E-state index in [1.165, 1.54) is 0 Å². The minimum Gasteiger partial charge on any atom is -0.394 e. The predicted octanol–water partition coefficient (Wildman–Crippen LogP) is 3.13. The van der Waals surface area contributed by atoms with Gasteiger partial charge in [0.1, 0.15) is 17.6 Å². The lowest BCUT2D eigenvalue weighted by atomic mass is 10.2. The van der Waals surface area contributed by atoms with Crippen LogP contribution in [0.2, 0.25) is 10.0 Å². The molecule has 2 rings (SSSR count). The average molecular weight is 499 g/mol. The zero-order chi connectivity index (χ0) is 24.4. The molecule has 2 unspecified atom stereocenters. The van der Waals surface area contributed by atoms with Gasteiger partial charge in [-0.15, -0.1) is 0 Å². The number of aliphatic hydroxyl groups is 1. The maximum absolute atomic E-state index is 13.1. The van der Waals surface area contributed by atoms with Gasteiger partial charge in [0.15, 0.2) is 0 Å². The monoisotopic (exact) mass is 498 g/mol. The molecule has 0 aliphatic carbocycles. The Morgan fingerprint density at radius 2 is 1.88 bits per heavy atom. The van der Waals surface area contributed by atoms with Gasteiger partial charge >= 0.3 is 0 Å². The van der Waals surface area contributed by atoms with Crippen LogP contribution >= 0.6 is 23.2 Å². The summed E-state index contributed by atoms with van der Waals surface area (Å²) in [6.07, 6.45) is 1.27. The fraction of sp³-hybridized carbons (Fsp3) is 0.478. The van der Waals surface area contributed by atoms with Gasteiger partial charge in [-0.1, -0.05) is 36.2 Å². The molecule has 0 saturated carbocycles. The molecule has 1 aliphatic rings. The second kappa shape index (κ2) is 13.6. The van der Waals surface area contributed by atoms with Crippen molar-refractivity contribution in [1.82, 2.24) is 16.0 Å². The maximum atomic E-state index is 13.1. The molecule has 1 amide bonds. The Bertz CT molecular complexity index is 896. The number of carbonyl (C=O) groups is 1. The number of carbonyl (C=O) groups excluding carboxylic acids is 1. The molecule has 1 heterocycles. The molecule has 1 saturated heterocycles. The SMILES string of the molecule is CC/C(C)=C(/NCc1ccc(Cl)c(Cl)c1)NC(=O)/C(NCC1COC(CO)CO1)=C(\C)C=N. The minimum absolute atomic E-state index is 0.0955. The molecule has 0 bridgehead atoms. The van der Waals surface area contributed by atoms with Gasteiger partial charge in [-0.05, 0) is 49.1 Å². The molecule has 1 fully saturated rings. The van der Waals surface area contributed by atoms with Crippen LogP contribution in [0.15, 0.2) is 40.9 Å². The van der Waals surface area contributed by atoms with E-state index in [-0.39, 0.29) is 30.4 Å². The Hall–Kier alpha value is -2.10. The van der Waals surface area contributed by atoms with Crippen LogP contribution in [0.5, 0.6) is 0 Å². The molecule has 182 valence electrons. The molecular weight excluding hydrogens is 467 g/mol. The van der Waals surface area contributed by atoms with E-state index in [2.05, 4.69) is 16.0 Å². The van der Waals surface area contributed by atoms with Crippen molar-refractivity contribution in [2.24, 2.45) is 0 Å². The molecule has 1 aromatic rings. The van der Waals surface area contributed by atoms with Crippen LogP contribution < -0.4 is 16.0 Å². The molecule has 0 radical (unpaired) electrons. The Morgan fingerprint density at radius 1 is 1.18 bits per heavy atom. The lowest BCUT2D eigenvalue weighted by Crippen LogP contribution is -2.44. The largest absolute Gasteiger partial charge is 0.394 e. The Balaban J connectivity index is 2.05. The van der Waals surface area contributed by atoms with E-state index in [9.17, 15) is 4.79 Å². The van der Waals surface area contributed by atoms with E-state index in [4.69, 9.17) is 43.2 Å². The zero-order valence-electron chi connectivity index (χ0n) is 19.1. The van der Waals surface area contributed by atoms with Crippen LogP contribution in [0.25, 0.3) is 0 Å². The van der Waals surface area contributed by atoms with Crippen LogP contribution in [0.4, 0.5) is 0 Å². The number of benzene rings is 1. The van der Waals surface area contributed by atoms with Crippen LogP contribution in [0, 0.1) is 5.41 Å². The molecule has 2 atom stereocenters. The smallest absolute Gasteiger partial charge is 0.273 e. The molecule has 10 heteroatoms. The van der Waals surface area contributed by atoms with Crippen molar-refractivity contribution >= 4 is 35.3 Å². The van der Waals surface area contributed by atoms with Gasteiger partial charge in [0.25, 0.3) is 5.91 Å². The summed E-state index contributed by atoms with van der Waals surface area (Å²) in [5, 5.41) is 27.0. The standard InChI is InChI=1S/C23H32Cl2N4O4/c1-4-14(2)22(28-9-16-5-6-19(24)20(25)7-16)29-23(31)21(15(3)8-26)27-10-17-12-33-18(11-30)13-32-17/h5-8,17-18,26-28,30H,4,9-13H2,1-3H3,(H,29,31)/b21-15-,22-14-,26-8?. The Kier molecular flexibility index (Phi) is 11.2. The highest BCUT2D eigenvalue weighted by Gasteiger charge is 2.23. The number of hydrogen-bond acceptors (Lipinski definition) is 7. The molecule has 33 heavy (non-hydrogen) atoms. The van der Waals surface area contributed by atoms with E-state index >= 15 is 0 Å². The summed E-state index contributed by atoms with van der Waals surface area (Å²) in [5.74, 6) is 0.221. The Morgan fingerprint density at radius 3 is 2.45 bits per heavy atom. The van der Waals surface area contributed by atoms with Crippen molar-refractivity contribution < 1.29 is 19.4 Å². The maximum Gasteiger partial charge on any atom is 0.273 e. The first kappa shape index (κ1) is 27.1. The third-order valence-electron chi connectivity index (χ3n) is 5.23. The third kappa shape index (κ3) is 8.32. The van der Waals surface area contributed by atoms with Crippen LogP contribution in [0.3, 0.4) is 0 Å². The number of allylic oxidation sites excluding steroid dienone is 2. The summed E-state index contributed by atoms with van der Waals surface area (Å²) >= 11 is 12.1. The lowest BCUT2D eigenvalue weighted by molar-refractivity contribution is -0.143. The van der Waals surface area contributed by atoms with Crippen molar-refractivity contribution in [2.45, 2.75) is 45.9 Å². The second-order valence-corrected chi connectivity index (χ2v) is 8.56. The second-order valence-electron chi connectivity index (χ2n) is 7.74. The van der Waals surface area contributed by atoms with E-state index in [1.807, 2.05) is 19.9 Å². The van der Waals surface area contributed by atoms with Crippen LogP contribution in [-0.4, -0.2) is 55.8 Å². The fourth-order valence-electron chi connectivity index (χ4n) is 2.99. The molecule has 8 nitrogen and oxygen atoms in total. The first-order valence-electron chi connectivity index (χ1n) is 10.8. The number of aliphatic hydroxyl groups excluding tert-OH is 1. The molecule has 5 N–H and O–H groups in total. The topological polar surface area (TPSA) is 116 Å².